The molecule has 0 aliphatic heterocycles. The van der Waals surface area contributed by atoms with Gasteiger partial charge in [-0.2, -0.15) is 5.10 Å². The minimum Gasteiger partial charge on any atom is -0.496 e. The van der Waals surface area contributed by atoms with E-state index in [0.717, 1.165) is 23.6 Å². The molecule has 1 heterocycles. The molecule has 1 aromatic heterocycles. The van der Waals surface area contributed by atoms with Gasteiger partial charge < -0.3 is 10.5 Å². The first kappa shape index (κ1) is 12.6. The topological polar surface area (TPSA) is 66.0 Å². The van der Waals surface area contributed by atoms with E-state index in [9.17, 15) is 0 Å². The number of ether oxygens (including phenoxy) is 1. The fourth-order valence-electron chi connectivity index (χ4n) is 1.86. The monoisotopic (exact) mass is 246 g/mol. The normalized spacial score (nSPS) is 10.7. The van der Waals surface area contributed by atoms with Gasteiger partial charge >= 0.3 is 0 Å². The molecule has 0 spiro atoms. The maximum absolute atomic E-state index is 5.61. The molecule has 0 bridgehead atoms. The summed E-state index contributed by atoms with van der Waals surface area (Å²) >= 11 is 0. The van der Waals surface area contributed by atoms with E-state index in [1.54, 1.807) is 11.8 Å². The van der Waals surface area contributed by atoms with Crippen LogP contribution in [0.1, 0.15) is 18.3 Å². The molecule has 0 aliphatic carbocycles. The highest BCUT2D eigenvalue weighted by Crippen LogP contribution is 2.28. The van der Waals surface area contributed by atoms with Gasteiger partial charge in [0.05, 0.1) is 19.2 Å². The van der Waals surface area contributed by atoms with Crippen LogP contribution in [0.5, 0.6) is 5.75 Å². The third kappa shape index (κ3) is 2.22. The zero-order valence-corrected chi connectivity index (χ0v) is 11.0. The predicted octanol–water partition coefficient (Wildman–Crippen LogP) is 1.51. The average molecular weight is 246 g/mol. The molecule has 2 N–H and O–H groups in total. The number of benzene rings is 1. The van der Waals surface area contributed by atoms with Gasteiger partial charge in [0.1, 0.15) is 11.6 Å². The molecular weight excluding hydrogens is 228 g/mol. The molecule has 0 fully saturated rings. The summed E-state index contributed by atoms with van der Waals surface area (Å²) in [4.78, 5) is 4.43. The molecule has 96 valence electrons. The molecule has 18 heavy (non-hydrogen) atoms. The molecule has 0 aliphatic rings. The van der Waals surface area contributed by atoms with Crippen LogP contribution in [0.4, 0.5) is 0 Å². The Bertz CT molecular complexity index is 548. The summed E-state index contributed by atoms with van der Waals surface area (Å²) < 4.78 is 7.06. The highest BCUT2D eigenvalue weighted by molar-refractivity contribution is 5.65. The van der Waals surface area contributed by atoms with Crippen molar-refractivity contribution < 1.29 is 4.74 Å². The number of hydrogen-bond donors (Lipinski definition) is 1. The van der Waals surface area contributed by atoms with Crippen LogP contribution in [0.15, 0.2) is 18.2 Å². The second-order valence-electron chi connectivity index (χ2n) is 4.07. The molecule has 5 nitrogen and oxygen atoms in total. The Morgan fingerprint density at radius 2 is 2.17 bits per heavy atom. The van der Waals surface area contributed by atoms with Crippen LogP contribution < -0.4 is 10.5 Å². The molecule has 2 rings (SSSR count). The number of nitrogens with zero attached hydrogens (tertiary/aromatic N) is 3. The molecule has 2 aromatic rings. The second kappa shape index (κ2) is 5.18. The largest absolute Gasteiger partial charge is 0.496 e. The van der Waals surface area contributed by atoms with Gasteiger partial charge in [0.2, 0.25) is 0 Å². The van der Waals surface area contributed by atoms with E-state index >= 15 is 0 Å². The number of hydrogen-bond acceptors (Lipinski definition) is 4. The Kier molecular flexibility index (Phi) is 3.62. The van der Waals surface area contributed by atoms with E-state index in [1.807, 2.05) is 13.1 Å². The van der Waals surface area contributed by atoms with Crippen molar-refractivity contribution in [2.75, 3.05) is 7.11 Å². The first-order chi connectivity index (χ1) is 8.69. The van der Waals surface area contributed by atoms with Crippen molar-refractivity contribution >= 4 is 0 Å². The Morgan fingerprint density at radius 3 is 2.72 bits per heavy atom. The van der Waals surface area contributed by atoms with Crippen LogP contribution in [-0.2, 0) is 20.0 Å². The third-order valence-electron chi connectivity index (χ3n) is 2.95. The molecule has 0 radical (unpaired) electrons. The first-order valence-corrected chi connectivity index (χ1v) is 5.96. The fraction of sp³-hybridized carbons (Fsp3) is 0.385. The molecule has 0 unspecified atom stereocenters. The number of rotatable bonds is 4. The van der Waals surface area contributed by atoms with E-state index in [0.29, 0.717) is 12.4 Å². The standard InChI is InChI=1S/C13H18N4O/c1-4-9-5-6-11(18-3)10(7-9)13-15-12(8-14)17(2)16-13/h5-7H,4,8,14H2,1-3H3. The molecule has 5 heteroatoms. The molecule has 0 saturated carbocycles. The Balaban J connectivity index is 2.53. The molecule has 1 aromatic carbocycles. The van der Waals surface area contributed by atoms with Crippen molar-refractivity contribution in [2.24, 2.45) is 12.8 Å². The Labute approximate surface area is 107 Å². The smallest absolute Gasteiger partial charge is 0.185 e. The lowest BCUT2D eigenvalue weighted by molar-refractivity contribution is 0.416. The summed E-state index contributed by atoms with van der Waals surface area (Å²) in [5, 5.41) is 4.38. The SMILES string of the molecule is CCc1ccc(OC)c(-c2nc(CN)n(C)n2)c1. The van der Waals surface area contributed by atoms with Gasteiger partial charge in [0, 0.05) is 7.05 Å². The Morgan fingerprint density at radius 1 is 1.39 bits per heavy atom. The lowest BCUT2D eigenvalue weighted by atomic mass is 10.1. The number of methoxy groups -OCH3 is 1. The number of aryl methyl sites for hydroxylation is 2. The van der Waals surface area contributed by atoms with Gasteiger partial charge in [0.25, 0.3) is 0 Å². The van der Waals surface area contributed by atoms with Gasteiger partial charge in [-0.15, -0.1) is 0 Å². The van der Waals surface area contributed by atoms with Crippen molar-refractivity contribution in [3.8, 4) is 17.1 Å². The minimum atomic E-state index is 0.374. The fourth-order valence-corrected chi connectivity index (χ4v) is 1.86. The summed E-state index contributed by atoms with van der Waals surface area (Å²) in [6.07, 6.45) is 0.966. The summed E-state index contributed by atoms with van der Waals surface area (Å²) in [5.41, 5.74) is 7.75. The van der Waals surface area contributed by atoms with Crippen molar-refractivity contribution in [2.45, 2.75) is 19.9 Å². The highest BCUT2D eigenvalue weighted by Gasteiger charge is 2.13. The van der Waals surface area contributed by atoms with E-state index in [1.165, 1.54) is 5.56 Å². The van der Waals surface area contributed by atoms with Crippen molar-refractivity contribution in [3.05, 3.63) is 29.6 Å². The van der Waals surface area contributed by atoms with Crippen molar-refractivity contribution in [3.63, 3.8) is 0 Å². The number of nitrogens with two attached hydrogens (primary N) is 1. The van der Waals surface area contributed by atoms with Crippen LogP contribution in [0, 0.1) is 0 Å². The van der Waals surface area contributed by atoms with Gasteiger partial charge in [0.15, 0.2) is 5.82 Å². The van der Waals surface area contributed by atoms with Crippen molar-refractivity contribution in [1.82, 2.24) is 14.8 Å². The number of aromatic nitrogens is 3. The average Bonchev–Trinajstić information content (AvgIpc) is 2.79. The van der Waals surface area contributed by atoms with Crippen LogP contribution in [0.2, 0.25) is 0 Å². The summed E-state index contributed by atoms with van der Waals surface area (Å²) in [6, 6.07) is 6.07. The van der Waals surface area contributed by atoms with E-state index in [2.05, 4.69) is 29.1 Å². The van der Waals surface area contributed by atoms with Gasteiger partial charge in [-0.25, -0.2) is 4.98 Å². The van der Waals surface area contributed by atoms with Gasteiger partial charge in [-0.05, 0) is 24.1 Å². The maximum Gasteiger partial charge on any atom is 0.185 e. The van der Waals surface area contributed by atoms with E-state index < -0.39 is 0 Å². The summed E-state index contributed by atoms with van der Waals surface area (Å²) in [5.74, 6) is 2.19. The van der Waals surface area contributed by atoms with E-state index in [4.69, 9.17) is 10.5 Å². The van der Waals surface area contributed by atoms with E-state index in [-0.39, 0.29) is 0 Å². The molecule has 0 saturated heterocycles. The first-order valence-electron chi connectivity index (χ1n) is 5.96. The summed E-state index contributed by atoms with van der Waals surface area (Å²) in [7, 11) is 3.49. The van der Waals surface area contributed by atoms with Crippen molar-refractivity contribution in [1.29, 1.82) is 0 Å². The van der Waals surface area contributed by atoms with Crippen LogP contribution in [0.25, 0.3) is 11.4 Å². The predicted molar refractivity (Wildman–Crippen MR) is 70.3 cm³/mol. The molecule has 0 amide bonds. The van der Waals surface area contributed by atoms with Crippen LogP contribution in [-0.4, -0.2) is 21.9 Å². The lowest BCUT2D eigenvalue weighted by Gasteiger charge is -2.07. The zero-order valence-electron chi connectivity index (χ0n) is 11.0. The third-order valence-corrected chi connectivity index (χ3v) is 2.95. The minimum absolute atomic E-state index is 0.374. The maximum atomic E-state index is 5.61. The van der Waals surface area contributed by atoms with Crippen LogP contribution in [0.3, 0.4) is 0 Å². The zero-order chi connectivity index (χ0) is 13.1. The molecular formula is C13H18N4O. The quantitative estimate of drug-likeness (QED) is 0.888. The van der Waals surface area contributed by atoms with Crippen LogP contribution >= 0.6 is 0 Å². The lowest BCUT2D eigenvalue weighted by Crippen LogP contribution is -2.05. The highest BCUT2D eigenvalue weighted by atomic mass is 16.5. The summed E-state index contributed by atoms with van der Waals surface area (Å²) in [6.45, 7) is 2.49. The Hall–Kier alpha value is -1.88. The van der Waals surface area contributed by atoms with Gasteiger partial charge in [-0.3, -0.25) is 4.68 Å². The second-order valence-corrected chi connectivity index (χ2v) is 4.07. The molecule has 0 atom stereocenters. The van der Waals surface area contributed by atoms with Gasteiger partial charge in [-0.1, -0.05) is 13.0 Å².